The summed E-state index contributed by atoms with van der Waals surface area (Å²) in [6.45, 7) is 8.76. The lowest BCUT2D eigenvalue weighted by Crippen LogP contribution is -2.34. The number of hydrogen-bond acceptors (Lipinski definition) is 3. The van der Waals surface area contributed by atoms with Crippen LogP contribution < -0.4 is 10.1 Å². The molecule has 1 aliphatic heterocycles. The second-order valence-electron chi connectivity index (χ2n) is 6.87. The molecule has 0 bridgehead atoms. The van der Waals surface area contributed by atoms with Crippen LogP contribution in [0, 0.1) is 0 Å². The third-order valence-corrected chi connectivity index (χ3v) is 4.16. The fraction of sp³-hybridized carbons (Fsp3) is 0.500. The first kappa shape index (κ1) is 14.3. The molecule has 0 atom stereocenters. The second kappa shape index (κ2) is 5.64. The van der Waals surface area contributed by atoms with Crippen molar-refractivity contribution < 1.29 is 4.74 Å². The lowest BCUT2D eigenvalue weighted by molar-refractivity contribution is 0.158. The minimum Gasteiger partial charge on any atom is -0.474 e. The highest BCUT2D eigenvalue weighted by Gasteiger charge is 2.18. The summed E-state index contributed by atoms with van der Waals surface area (Å²) in [6.07, 6.45) is 4.23. The van der Waals surface area contributed by atoms with Gasteiger partial charge in [0.05, 0.1) is 0 Å². The van der Waals surface area contributed by atoms with E-state index in [9.17, 15) is 0 Å². The van der Waals surface area contributed by atoms with Crippen molar-refractivity contribution in [1.29, 1.82) is 0 Å². The summed E-state index contributed by atoms with van der Waals surface area (Å²) in [5, 5.41) is 5.69. The van der Waals surface area contributed by atoms with Crippen molar-refractivity contribution in [3.05, 3.63) is 36.0 Å². The van der Waals surface area contributed by atoms with Crippen LogP contribution in [0.15, 0.2) is 30.5 Å². The third-order valence-electron chi connectivity index (χ3n) is 4.16. The van der Waals surface area contributed by atoms with Crippen molar-refractivity contribution in [1.82, 2.24) is 10.3 Å². The van der Waals surface area contributed by atoms with Crippen LogP contribution in [0.5, 0.6) is 5.88 Å². The monoisotopic (exact) mass is 284 g/mol. The van der Waals surface area contributed by atoms with Crippen molar-refractivity contribution >= 4 is 10.8 Å². The van der Waals surface area contributed by atoms with Gasteiger partial charge in [-0.25, -0.2) is 4.98 Å². The number of aromatic nitrogens is 1. The zero-order chi connectivity index (χ0) is 14.9. The number of rotatable bonds is 2. The summed E-state index contributed by atoms with van der Waals surface area (Å²) in [6, 6.07) is 8.67. The molecule has 2 heterocycles. The summed E-state index contributed by atoms with van der Waals surface area (Å²) in [5.74, 6) is 0.783. The average molecular weight is 284 g/mol. The summed E-state index contributed by atoms with van der Waals surface area (Å²) < 4.78 is 6.19. The van der Waals surface area contributed by atoms with Gasteiger partial charge in [0.2, 0.25) is 5.88 Å². The van der Waals surface area contributed by atoms with Gasteiger partial charge < -0.3 is 10.1 Å². The van der Waals surface area contributed by atoms with Gasteiger partial charge in [0.25, 0.3) is 0 Å². The Hall–Kier alpha value is -1.61. The summed E-state index contributed by atoms with van der Waals surface area (Å²) >= 11 is 0. The summed E-state index contributed by atoms with van der Waals surface area (Å²) in [5.41, 5.74) is 1.45. The van der Waals surface area contributed by atoms with Gasteiger partial charge in [0.15, 0.2) is 0 Å². The minimum absolute atomic E-state index is 0.135. The van der Waals surface area contributed by atoms with E-state index in [4.69, 9.17) is 4.74 Å². The fourth-order valence-corrected chi connectivity index (χ4v) is 2.77. The summed E-state index contributed by atoms with van der Waals surface area (Å²) in [4.78, 5) is 4.48. The van der Waals surface area contributed by atoms with Crippen LogP contribution in [0.25, 0.3) is 10.8 Å². The standard InChI is InChI=1S/C18H24N2O/c1-18(2,3)14-5-4-13-6-11-20-17(16(13)12-14)21-15-7-9-19-10-8-15/h4-6,11-12,15,19H,7-10H2,1-3H3. The van der Waals surface area contributed by atoms with E-state index in [0.717, 1.165) is 37.2 Å². The van der Waals surface area contributed by atoms with Crippen molar-refractivity contribution in [3.8, 4) is 5.88 Å². The van der Waals surface area contributed by atoms with Crippen molar-refractivity contribution in [2.75, 3.05) is 13.1 Å². The maximum absolute atomic E-state index is 6.19. The zero-order valence-corrected chi connectivity index (χ0v) is 13.1. The predicted molar refractivity (Wildman–Crippen MR) is 87.0 cm³/mol. The Kier molecular flexibility index (Phi) is 3.85. The average Bonchev–Trinajstić information content (AvgIpc) is 2.47. The van der Waals surface area contributed by atoms with Gasteiger partial charge in [0, 0.05) is 11.6 Å². The Bertz CT molecular complexity index is 625. The van der Waals surface area contributed by atoms with Crippen LogP contribution in [-0.4, -0.2) is 24.2 Å². The van der Waals surface area contributed by atoms with Gasteiger partial charge in [-0.2, -0.15) is 0 Å². The number of ether oxygens (including phenoxy) is 1. The molecule has 1 aliphatic rings. The maximum Gasteiger partial charge on any atom is 0.221 e. The van der Waals surface area contributed by atoms with Gasteiger partial charge >= 0.3 is 0 Å². The molecular weight excluding hydrogens is 260 g/mol. The highest BCUT2D eigenvalue weighted by atomic mass is 16.5. The molecule has 21 heavy (non-hydrogen) atoms. The van der Waals surface area contributed by atoms with E-state index in [2.05, 4.69) is 55.3 Å². The number of piperidine rings is 1. The molecule has 112 valence electrons. The fourth-order valence-electron chi connectivity index (χ4n) is 2.77. The minimum atomic E-state index is 0.135. The number of nitrogens with zero attached hydrogens (tertiary/aromatic N) is 1. The highest BCUT2D eigenvalue weighted by molar-refractivity contribution is 5.87. The molecule has 0 unspecified atom stereocenters. The van der Waals surface area contributed by atoms with E-state index in [1.807, 2.05) is 6.20 Å². The molecule has 0 radical (unpaired) electrons. The van der Waals surface area contributed by atoms with Crippen molar-refractivity contribution in [3.63, 3.8) is 0 Å². The molecule has 0 saturated carbocycles. The van der Waals surface area contributed by atoms with Crippen LogP contribution in [0.2, 0.25) is 0 Å². The highest BCUT2D eigenvalue weighted by Crippen LogP contribution is 2.30. The van der Waals surface area contributed by atoms with E-state index in [1.165, 1.54) is 10.9 Å². The quantitative estimate of drug-likeness (QED) is 0.913. The Morgan fingerprint density at radius 3 is 2.62 bits per heavy atom. The van der Waals surface area contributed by atoms with Gasteiger partial charge in [-0.3, -0.25) is 0 Å². The Morgan fingerprint density at radius 1 is 1.14 bits per heavy atom. The van der Waals surface area contributed by atoms with Crippen molar-refractivity contribution in [2.24, 2.45) is 0 Å². The zero-order valence-electron chi connectivity index (χ0n) is 13.1. The number of fused-ring (bicyclic) bond motifs is 1. The second-order valence-corrected chi connectivity index (χ2v) is 6.87. The first-order valence-electron chi connectivity index (χ1n) is 7.81. The van der Waals surface area contributed by atoms with E-state index in [-0.39, 0.29) is 11.5 Å². The van der Waals surface area contributed by atoms with Crippen LogP contribution in [0.3, 0.4) is 0 Å². The van der Waals surface area contributed by atoms with E-state index >= 15 is 0 Å². The van der Waals surface area contributed by atoms with E-state index < -0.39 is 0 Å². The smallest absolute Gasteiger partial charge is 0.221 e. The number of benzene rings is 1. The number of hydrogen-bond donors (Lipinski definition) is 1. The van der Waals surface area contributed by atoms with Gasteiger partial charge in [-0.1, -0.05) is 32.9 Å². The molecule has 3 nitrogen and oxygen atoms in total. The molecule has 1 fully saturated rings. The molecule has 3 heteroatoms. The number of nitrogens with one attached hydrogen (secondary N) is 1. The Balaban J connectivity index is 1.97. The maximum atomic E-state index is 6.19. The van der Waals surface area contributed by atoms with Crippen LogP contribution in [0.1, 0.15) is 39.2 Å². The van der Waals surface area contributed by atoms with Gasteiger partial charge in [-0.05, 0) is 54.4 Å². The van der Waals surface area contributed by atoms with Crippen LogP contribution in [-0.2, 0) is 5.41 Å². The largest absolute Gasteiger partial charge is 0.474 e. The Morgan fingerprint density at radius 2 is 1.90 bits per heavy atom. The first-order valence-corrected chi connectivity index (χ1v) is 7.81. The van der Waals surface area contributed by atoms with Crippen molar-refractivity contribution in [2.45, 2.75) is 45.1 Å². The SMILES string of the molecule is CC(C)(C)c1ccc2ccnc(OC3CCNCC3)c2c1. The topological polar surface area (TPSA) is 34.1 Å². The van der Waals surface area contributed by atoms with E-state index in [1.54, 1.807) is 0 Å². The molecule has 0 spiro atoms. The lowest BCUT2D eigenvalue weighted by Gasteiger charge is -2.24. The molecular formula is C18H24N2O. The molecule has 0 amide bonds. The molecule has 1 saturated heterocycles. The lowest BCUT2D eigenvalue weighted by atomic mass is 9.86. The normalized spacial score (nSPS) is 17.1. The molecule has 2 aromatic rings. The third kappa shape index (κ3) is 3.18. The van der Waals surface area contributed by atoms with Gasteiger partial charge in [-0.15, -0.1) is 0 Å². The van der Waals surface area contributed by atoms with Crippen LogP contribution >= 0.6 is 0 Å². The Labute approximate surface area is 126 Å². The first-order chi connectivity index (χ1) is 10.0. The summed E-state index contributed by atoms with van der Waals surface area (Å²) in [7, 11) is 0. The van der Waals surface area contributed by atoms with E-state index in [0.29, 0.717) is 0 Å². The van der Waals surface area contributed by atoms with Crippen LogP contribution in [0.4, 0.5) is 0 Å². The molecule has 1 aromatic heterocycles. The number of pyridine rings is 1. The molecule has 3 rings (SSSR count). The molecule has 1 N–H and O–H groups in total. The predicted octanol–water partition coefficient (Wildman–Crippen LogP) is 3.66. The van der Waals surface area contributed by atoms with Gasteiger partial charge in [0.1, 0.15) is 6.10 Å². The molecule has 0 aliphatic carbocycles. The molecule has 1 aromatic carbocycles.